The van der Waals surface area contributed by atoms with E-state index >= 15 is 0 Å². The lowest BCUT2D eigenvalue weighted by Gasteiger charge is -2.56. The van der Waals surface area contributed by atoms with Crippen LogP contribution < -0.4 is 5.32 Å². The first-order chi connectivity index (χ1) is 17.8. The molecule has 8 nitrogen and oxygen atoms in total. The number of likely N-dealkylation sites (tertiary alicyclic amines) is 1. The molecule has 37 heavy (non-hydrogen) atoms. The second kappa shape index (κ2) is 11.5. The van der Waals surface area contributed by atoms with E-state index in [0.717, 1.165) is 18.4 Å². The van der Waals surface area contributed by atoms with Gasteiger partial charge in [0, 0.05) is 23.9 Å². The van der Waals surface area contributed by atoms with Crippen LogP contribution in [0.4, 0.5) is 9.18 Å². The molecule has 0 radical (unpaired) electrons. The van der Waals surface area contributed by atoms with E-state index in [9.17, 15) is 24.0 Å². The Balaban J connectivity index is 1.49. The van der Waals surface area contributed by atoms with E-state index < -0.39 is 35.2 Å². The predicted molar refractivity (Wildman–Crippen MR) is 135 cm³/mol. The Morgan fingerprint density at radius 2 is 1.84 bits per heavy atom. The van der Waals surface area contributed by atoms with Crippen molar-refractivity contribution in [3.05, 3.63) is 35.9 Å². The highest BCUT2D eigenvalue weighted by molar-refractivity contribution is 5.85. The summed E-state index contributed by atoms with van der Waals surface area (Å²) >= 11 is 0. The van der Waals surface area contributed by atoms with Crippen LogP contribution in [0.15, 0.2) is 30.3 Å². The minimum Gasteiger partial charge on any atom is -0.445 e. The number of rotatable bonds is 9. The number of hydrogen-bond donors (Lipinski definition) is 1. The fraction of sp³-hybridized carbons (Fsp3) is 0.643. The van der Waals surface area contributed by atoms with Crippen LogP contribution in [0.25, 0.3) is 0 Å². The van der Waals surface area contributed by atoms with Crippen molar-refractivity contribution in [1.82, 2.24) is 15.1 Å². The zero-order valence-corrected chi connectivity index (χ0v) is 21.6. The van der Waals surface area contributed by atoms with Crippen LogP contribution in [0, 0.1) is 16.7 Å². The largest absolute Gasteiger partial charge is 0.445 e. The lowest BCUT2D eigenvalue weighted by atomic mass is 9.56. The SMILES string of the molecule is CCCCNC(=O)C12CCC(N(CC(=O)N3C[C@@H](F)C[C@H]3C#N)C(=O)OCc3ccccc3)(CC1)CC2. The smallest absolute Gasteiger partial charge is 0.411 e. The second-order valence-corrected chi connectivity index (χ2v) is 10.8. The molecule has 3 amide bonds. The average molecular weight is 513 g/mol. The normalized spacial score (nSPS) is 28.4. The molecule has 1 aromatic carbocycles. The number of carbonyl (C=O) groups excluding carboxylic acids is 3. The molecule has 1 aliphatic heterocycles. The summed E-state index contributed by atoms with van der Waals surface area (Å²) in [5.74, 6) is -0.357. The van der Waals surface area contributed by atoms with Gasteiger partial charge < -0.3 is 15.0 Å². The molecule has 9 heteroatoms. The van der Waals surface area contributed by atoms with Gasteiger partial charge in [-0.05, 0) is 50.5 Å². The molecule has 4 aliphatic rings. The van der Waals surface area contributed by atoms with E-state index in [0.29, 0.717) is 45.1 Å². The number of nitriles is 1. The van der Waals surface area contributed by atoms with Gasteiger partial charge in [0.2, 0.25) is 11.8 Å². The number of hydrogen-bond acceptors (Lipinski definition) is 5. The van der Waals surface area contributed by atoms with Crippen LogP contribution in [0.2, 0.25) is 0 Å². The average Bonchev–Trinajstić information content (AvgIpc) is 3.32. The fourth-order valence-corrected chi connectivity index (χ4v) is 6.11. The summed E-state index contributed by atoms with van der Waals surface area (Å²) in [4.78, 5) is 42.5. The molecule has 200 valence electrons. The van der Waals surface area contributed by atoms with Crippen molar-refractivity contribution >= 4 is 17.9 Å². The van der Waals surface area contributed by atoms with Gasteiger partial charge in [0.05, 0.1) is 12.6 Å². The van der Waals surface area contributed by atoms with E-state index in [1.54, 1.807) is 0 Å². The topological polar surface area (TPSA) is 103 Å². The van der Waals surface area contributed by atoms with Crippen molar-refractivity contribution in [1.29, 1.82) is 5.26 Å². The van der Waals surface area contributed by atoms with Gasteiger partial charge in [0.15, 0.2) is 0 Å². The number of benzene rings is 1. The van der Waals surface area contributed by atoms with E-state index in [2.05, 4.69) is 12.2 Å². The van der Waals surface area contributed by atoms with E-state index in [4.69, 9.17) is 4.74 Å². The molecular formula is C28H37FN4O4. The molecular weight excluding hydrogens is 475 g/mol. The minimum atomic E-state index is -1.25. The molecule has 4 fully saturated rings. The van der Waals surface area contributed by atoms with Crippen molar-refractivity contribution in [3.63, 3.8) is 0 Å². The molecule has 3 saturated carbocycles. The highest BCUT2D eigenvalue weighted by Gasteiger charge is 2.56. The quantitative estimate of drug-likeness (QED) is 0.502. The molecule has 1 aromatic rings. The molecule has 3 aliphatic carbocycles. The Hall–Kier alpha value is -3.15. The molecule has 2 bridgehead atoms. The third-order valence-electron chi connectivity index (χ3n) is 8.52. The molecule has 1 saturated heterocycles. The van der Waals surface area contributed by atoms with Gasteiger partial charge in [0.25, 0.3) is 0 Å². The number of nitrogens with one attached hydrogen (secondary N) is 1. The molecule has 2 atom stereocenters. The maximum Gasteiger partial charge on any atom is 0.411 e. The first kappa shape index (κ1) is 26.9. The van der Waals surface area contributed by atoms with Gasteiger partial charge in [-0.2, -0.15) is 5.26 Å². The third-order valence-corrected chi connectivity index (χ3v) is 8.52. The second-order valence-electron chi connectivity index (χ2n) is 10.8. The van der Waals surface area contributed by atoms with E-state index in [-0.39, 0.29) is 32.0 Å². The fourth-order valence-electron chi connectivity index (χ4n) is 6.11. The Labute approximate surface area is 218 Å². The number of ether oxygens (including phenoxy) is 1. The molecule has 1 heterocycles. The summed E-state index contributed by atoms with van der Waals surface area (Å²) in [6, 6.07) is 10.5. The Morgan fingerprint density at radius 1 is 1.16 bits per heavy atom. The van der Waals surface area contributed by atoms with E-state index in [1.807, 2.05) is 36.4 Å². The Bertz CT molecular complexity index is 1000. The van der Waals surface area contributed by atoms with Gasteiger partial charge in [-0.3, -0.25) is 14.5 Å². The summed E-state index contributed by atoms with van der Waals surface area (Å²) in [7, 11) is 0. The highest BCUT2D eigenvalue weighted by Crippen LogP contribution is 2.55. The number of alkyl halides is 1. The van der Waals surface area contributed by atoms with Crippen molar-refractivity contribution in [3.8, 4) is 6.07 Å². The standard InChI is InChI=1S/C28H37FN4O4/c1-2-3-15-31-25(35)27-9-12-28(13-10-27,14-11-27)33(26(36)37-20-21-7-5-4-6-8-21)19-24(34)32-18-22(29)16-23(32)17-30/h4-8,22-23H,2-3,9-16,18-20H2,1H3,(H,31,35)/t22-,23-,27?,28?/m0/s1. The number of amides is 3. The summed E-state index contributed by atoms with van der Waals surface area (Å²) in [6.07, 6.45) is 3.79. The molecule has 0 spiro atoms. The molecule has 0 unspecified atom stereocenters. The van der Waals surface area contributed by atoms with Crippen molar-refractivity contribution in [2.75, 3.05) is 19.6 Å². The molecule has 0 aromatic heterocycles. The van der Waals surface area contributed by atoms with Crippen LogP contribution in [0.1, 0.15) is 70.3 Å². The van der Waals surface area contributed by atoms with Crippen LogP contribution in [0.3, 0.4) is 0 Å². The Kier molecular flexibility index (Phi) is 8.35. The number of unbranched alkanes of at least 4 members (excludes halogenated alkanes) is 1. The predicted octanol–water partition coefficient (Wildman–Crippen LogP) is 4.10. The first-order valence-electron chi connectivity index (χ1n) is 13.4. The minimum absolute atomic E-state index is 0.0124. The molecule has 5 rings (SSSR count). The summed E-state index contributed by atoms with van der Waals surface area (Å²) < 4.78 is 19.7. The summed E-state index contributed by atoms with van der Waals surface area (Å²) in [6.45, 7) is 2.41. The van der Waals surface area contributed by atoms with Crippen LogP contribution >= 0.6 is 0 Å². The van der Waals surface area contributed by atoms with Gasteiger partial charge in [-0.1, -0.05) is 43.7 Å². The summed E-state index contributed by atoms with van der Waals surface area (Å²) in [5.41, 5.74) is -0.202. The zero-order valence-electron chi connectivity index (χ0n) is 21.6. The third kappa shape index (κ3) is 5.73. The van der Waals surface area contributed by atoms with Crippen LogP contribution in [-0.4, -0.2) is 65.1 Å². The lowest BCUT2D eigenvalue weighted by molar-refractivity contribution is -0.145. The molecule has 1 N–H and O–H groups in total. The lowest BCUT2D eigenvalue weighted by Crippen LogP contribution is -2.63. The van der Waals surface area contributed by atoms with Gasteiger partial charge in [-0.25, -0.2) is 9.18 Å². The number of nitrogens with zero attached hydrogens (tertiary/aromatic N) is 3. The number of carbonyl (C=O) groups is 3. The Morgan fingerprint density at radius 3 is 2.46 bits per heavy atom. The number of halogens is 1. The maximum atomic E-state index is 14.0. The summed E-state index contributed by atoms with van der Waals surface area (Å²) in [5, 5.41) is 12.5. The van der Waals surface area contributed by atoms with Crippen molar-refractivity contribution in [2.24, 2.45) is 5.41 Å². The monoisotopic (exact) mass is 512 g/mol. The van der Waals surface area contributed by atoms with Crippen molar-refractivity contribution < 1.29 is 23.5 Å². The maximum absolute atomic E-state index is 14.0. The van der Waals surface area contributed by atoms with Gasteiger partial charge in [-0.15, -0.1) is 0 Å². The van der Waals surface area contributed by atoms with Gasteiger partial charge in [0.1, 0.15) is 25.4 Å². The zero-order chi connectivity index (χ0) is 26.5. The van der Waals surface area contributed by atoms with Crippen LogP contribution in [-0.2, 0) is 20.9 Å². The first-order valence-corrected chi connectivity index (χ1v) is 13.4. The number of fused-ring (bicyclic) bond motifs is 3. The van der Waals surface area contributed by atoms with Crippen molar-refractivity contribution in [2.45, 2.75) is 89.1 Å². The van der Waals surface area contributed by atoms with E-state index in [1.165, 1.54) is 9.80 Å². The van der Waals surface area contributed by atoms with Crippen LogP contribution in [0.5, 0.6) is 0 Å². The highest BCUT2D eigenvalue weighted by atomic mass is 19.1. The van der Waals surface area contributed by atoms with Gasteiger partial charge >= 0.3 is 6.09 Å².